The number of halogens is 1. The van der Waals surface area contributed by atoms with Gasteiger partial charge >= 0.3 is 0 Å². The van der Waals surface area contributed by atoms with Gasteiger partial charge in [0.05, 0.1) is 5.69 Å². The minimum Gasteiger partial charge on any atom is -0.298 e. The van der Waals surface area contributed by atoms with Gasteiger partial charge in [-0.25, -0.2) is 13.4 Å². The molecule has 1 N–H and O–H groups in total. The number of aromatic nitrogens is 1. The molecule has 0 fully saturated rings. The molecule has 0 unspecified atom stereocenters. The third-order valence-electron chi connectivity index (χ3n) is 2.23. The van der Waals surface area contributed by atoms with Gasteiger partial charge in [0.2, 0.25) is 0 Å². The van der Waals surface area contributed by atoms with E-state index in [0.29, 0.717) is 5.56 Å². The van der Waals surface area contributed by atoms with Crippen LogP contribution in [0.15, 0.2) is 34.5 Å². The number of nitrogens with one attached hydrogen (secondary N) is 1. The van der Waals surface area contributed by atoms with Crippen molar-refractivity contribution in [1.29, 1.82) is 0 Å². The summed E-state index contributed by atoms with van der Waals surface area (Å²) < 4.78 is 22.4. The summed E-state index contributed by atoms with van der Waals surface area (Å²) in [7, 11) is 1.42. The number of hydrogen-bond acceptors (Lipinski definition) is 5. The third kappa shape index (κ3) is 3.31. The van der Waals surface area contributed by atoms with Crippen LogP contribution in [-0.4, -0.2) is 19.3 Å². The summed E-state index contributed by atoms with van der Waals surface area (Å²) in [5, 5.41) is 2.74. The molecular weight excluding hydrogens is 308 g/mol. The molecule has 100 valence electrons. The van der Waals surface area contributed by atoms with Gasteiger partial charge in [0.15, 0.2) is 9.34 Å². The van der Waals surface area contributed by atoms with Crippen LogP contribution in [0, 0.1) is 6.92 Å². The molecule has 1 aromatic heterocycles. The molecule has 0 aliphatic rings. The molecule has 2 aromatic rings. The number of hydrogen-bond donors (Lipinski definition) is 1. The van der Waals surface area contributed by atoms with Gasteiger partial charge in [0.1, 0.15) is 0 Å². The first-order chi connectivity index (χ1) is 8.88. The van der Waals surface area contributed by atoms with Crippen molar-refractivity contribution in [2.45, 2.75) is 11.1 Å². The molecule has 0 saturated carbocycles. The van der Waals surface area contributed by atoms with E-state index in [1.165, 1.54) is 6.92 Å². The average molecular weight is 317 g/mol. The van der Waals surface area contributed by atoms with Crippen molar-refractivity contribution in [2.75, 3.05) is 5.32 Å². The van der Waals surface area contributed by atoms with E-state index < -0.39 is 9.05 Å². The lowest BCUT2D eigenvalue weighted by molar-refractivity contribution is 0.102. The normalized spacial score (nSPS) is 11.3. The first-order valence-electron chi connectivity index (χ1n) is 5.16. The fourth-order valence-electron chi connectivity index (χ4n) is 1.42. The maximum Gasteiger partial charge on any atom is 0.272 e. The molecule has 19 heavy (non-hydrogen) atoms. The maximum absolute atomic E-state index is 11.9. The second-order valence-electron chi connectivity index (χ2n) is 3.65. The summed E-state index contributed by atoms with van der Waals surface area (Å²) in [5.41, 5.74) is 0.731. The van der Waals surface area contributed by atoms with E-state index in [4.69, 9.17) is 10.7 Å². The Hall–Kier alpha value is -1.44. The Morgan fingerprint density at radius 1 is 1.32 bits per heavy atom. The SMILES string of the molecule is Cc1nc(NC(=O)c2ccccc2)sc1S(=O)(=O)Cl. The monoisotopic (exact) mass is 316 g/mol. The summed E-state index contributed by atoms with van der Waals surface area (Å²) in [4.78, 5) is 15.8. The predicted molar refractivity (Wildman–Crippen MR) is 74.3 cm³/mol. The van der Waals surface area contributed by atoms with Crippen molar-refractivity contribution in [2.24, 2.45) is 0 Å². The Labute approximate surface area is 118 Å². The topological polar surface area (TPSA) is 76.1 Å². The average Bonchev–Trinajstić information content (AvgIpc) is 2.71. The summed E-state index contributed by atoms with van der Waals surface area (Å²) in [6, 6.07) is 8.56. The Balaban J connectivity index is 2.24. The second kappa shape index (κ2) is 5.28. The van der Waals surface area contributed by atoms with E-state index >= 15 is 0 Å². The highest BCUT2D eigenvalue weighted by molar-refractivity contribution is 8.15. The lowest BCUT2D eigenvalue weighted by Crippen LogP contribution is -2.11. The number of carbonyl (C=O) groups excluding carboxylic acids is 1. The summed E-state index contributed by atoms with van der Waals surface area (Å²) in [5.74, 6) is -0.354. The molecular formula is C11H9ClN2O3S2. The van der Waals surface area contributed by atoms with Gasteiger partial charge in [-0.05, 0) is 19.1 Å². The molecule has 0 saturated heterocycles. The first kappa shape index (κ1) is 14.0. The second-order valence-corrected chi connectivity index (χ2v) is 7.41. The number of benzene rings is 1. The van der Waals surface area contributed by atoms with Crippen LogP contribution in [0.4, 0.5) is 5.13 Å². The molecule has 0 aliphatic heterocycles. The van der Waals surface area contributed by atoms with E-state index in [1.807, 2.05) is 0 Å². The van der Waals surface area contributed by atoms with E-state index in [1.54, 1.807) is 30.3 Å². The van der Waals surface area contributed by atoms with E-state index in [0.717, 1.165) is 11.3 Å². The van der Waals surface area contributed by atoms with Crippen molar-refractivity contribution in [3.63, 3.8) is 0 Å². The Morgan fingerprint density at radius 3 is 2.47 bits per heavy atom. The summed E-state index contributed by atoms with van der Waals surface area (Å²) in [6.45, 7) is 1.52. The zero-order valence-corrected chi connectivity index (χ0v) is 12.1. The largest absolute Gasteiger partial charge is 0.298 e. The molecule has 0 aliphatic carbocycles. The number of thiazole rings is 1. The van der Waals surface area contributed by atoms with Gasteiger partial charge in [-0.3, -0.25) is 10.1 Å². The van der Waals surface area contributed by atoms with Gasteiger partial charge in [0, 0.05) is 16.2 Å². The molecule has 0 bridgehead atoms. The minimum atomic E-state index is -3.84. The molecule has 0 atom stereocenters. The molecule has 0 spiro atoms. The van der Waals surface area contributed by atoms with Crippen LogP contribution in [0.1, 0.15) is 16.1 Å². The summed E-state index contributed by atoms with van der Waals surface area (Å²) in [6.07, 6.45) is 0. The van der Waals surface area contributed by atoms with Crippen LogP contribution in [0.2, 0.25) is 0 Å². The molecule has 1 amide bonds. The van der Waals surface area contributed by atoms with Gasteiger partial charge < -0.3 is 0 Å². The van der Waals surface area contributed by atoms with E-state index in [2.05, 4.69) is 10.3 Å². The number of rotatable bonds is 3. The molecule has 0 radical (unpaired) electrons. The van der Waals surface area contributed by atoms with Crippen LogP contribution < -0.4 is 5.32 Å². The molecule has 1 heterocycles. The Bertz CT molecular complexity index is 711. The van der Waals surface area contributed by atoms with Crippen molar-refractivity contribution < 1.29 is 13.2 Å². The fraction of sp³-hybridized carbons (Fsp3) is 0.0909. The van der Waals surface area contributed by atoms with Gasteiger partial charge in [0.25, 0.3) is 15.0 Å². The van der Waals surface area contributed by atoms with Gasteiger partial charge in [-0.1, -0.05) is 29.5 Å². The number of carbonyl (C=O) groups is 1. The van der Waals surface area contributed by atoms with Crippen molar-refractivity contribution in [3.05, 3.63) is 41.6 Å². The highest BCUT2D eigenvalue weighted by Crippen LogP contribution is 2.29. The minimum absolute atomic E-state index is 0.0578. The molecule has 2 rings (SSSR count). The lowest BCUT2D eigenvalue weighted by atomic mass is 10.2. The number of nitrogens with zero attached hydrogens (tertiary/aromatic N) is 1. The van der Waals surface area contributed by atoms with Crippen LogP contribution in [0.25, 0.3) is 0 Å². The van der Waals surface area contributed by atoms with E-state index in [-0.39, 0.29) is 20.9 Å². The first-order valence-corrected chi connectivity index (χ1v) is 8.29. The third-order valence-corrected chi connectivity index (χ3v) is 5.48. The molecule has 1 aromatic carbocycles. The van der Waals surface area contributed by atoms with Crippen LogP contribution in [0.3, 0.4) is 0 Å². The van der Waals surface area contributed by atoms with Gasteiger partial charge in [-0.15, -0.1) is 0 Å². The van der Waals surface area contributed by atoms with Crippen LogP contribution in [0.5, 0.6) is 0 Å². The zero-order chi connectivity index (χ0) is 14.0. The smallest absolute Gasteiger partial charge is 0.272 e. The Kier molecular flexibility index (Phi) is 3.88. The predicted octanol–water partition coefficient (Wildman–Crippen LogP) is 2.63. The van der Waals surface area contributed by atoms with E-state index in [9.17, 15) is 13.2 Å². The van der Waals surface area contributed by atoms with Gasteiger partial charge in [-0.2, -0.15) is 0 Å². The molecule has 5 nitrogen and oxygen atoms in total. The zero-order valence-electron chi connectivity index (χ0n) is 9.75. The quantitative estimate of drug-likeness (QED) is 0.883. The number of aryl methyl sites for hydroxylation is 1. The van der Waals surface area contributed by atoms with Crippen LogP contribution >= 0.6 is 22.0 Å². The Morgan fingerprint density at radius 2 is 1.95 bits per heavy atom. The summed E-state index contributed by atoms with van der Waals surface area (Å²) >= 11 is 0.826. The highest BCUT2D eigenvalue weighted by Gasteiger charge is 2.20. The standard InChI is InChI=1S/C11H9ClN2O3S2/c1-7-10(19(12,16)17)18-11(13-7)14-9(15)8-5-3-2-4-6-8/h2-6H,1H3,(H,13,14,15). The fourth-order valence-corrected chi connectivity index (χ4v) is 3.77. The van der Waals surface area contributed by atoms with Crippen molar-refractivity contribution in [3.8, 4) is 0 Å². The highest BCUT2D eigenvalue weighted by atomic mass is 35.7. The maximum atomic E-state index is 11.9. The lowest BCUT2D eigenvalue weighted by Gasteiger charge is -2.00. The van der Waals surface area contributed by atoms with Crippen molar-refractivity contribution in [1.82, 2.24) is 4.98 Å². The molecule has 8 heteroatoms. The number of anilines is 1. The van der Waals surface area contributed by atoms with Crippen molar-refractivity contribution >= 4 is 42.1 Å². The number of amides is 1. The van der Waals surface area contributed by atoms with Crippen LogP contribution in [-0.2, 0) is 9.05 Å².